The molecule has 0 saturated carbocycles. The van der Waals surface area contributed by atoms with E-state index in [1.165, 1.54) is 0 Å². The van der Waals surface area contributed by atoms with E-state index in [4.69, 9.17) is 15.9 Å². The minimum absolute atomic E-state index is 0.0392. The Hall–Kier alpha value is -6.12. The van der Waals surface area contributed by atoms with Crippen molar-refractivity contribution < 1.29 is 33.8 Å². The number of amides is 5. The molecule has 0 fully saturated rings. The van der Waals surface area contributed by atoms with Crippen molar-refractivity contribution in [2.75, 3.05) is 13.2 Å². The molecule has 276 valence electrons. The predicted octanol–water partition coefficient (Wildman–Crippen LogP) is 2.71. The van der Waals surface area contributed by atoms with Gasteiger partial charge >= 0.3 is 18.1 Å². The molecule has 0 spiro atoms. The number of hydrazine groups is 1. The van der Waals surface area contributed by atoms with Crippen LogP contribution in [0.1, 0.15) is 55.7 Å². The summed E-state index contributed by atoms with van der Waals surface area (Å²) in [7, 11) is 0. The lowest BCUT2D eigenvalue weighted by Crippen LogP contribution is -2.58. The molecule has 0 aromatic heterocycles. The highest BCUT2D eigenvalue weighted by atomic mass is 16.5. The summed E-state index contributed by atoms with van der Waals surface area (Å²) in [6.45, 7) is 3.93. The average molecular weight is 715 g/mol. The Balaban J connectivity index is 1.36. The molecule has 3 atom stereocenters. The van der Waals surface area contributed by atoms with Crippen LogP contribution >= 0.6 is 0 Å². The molecule has 15 heteroatoms. The van der Waals surface area contributed by atoms with Crippen LogP contribution in [0.3, 0.4) is 0 Å². The number of ether oxygens (including phenoxy) is 1. The second kappa shape index (κ2) is 18.8. The van der Waals surface area contributed by atoms with Gasteiger partial charge in [-0.2, -0.15) is 0 Å². The number of carbonyl (C=O) groups is 5. The number of nitrogens with two attached hydrogens (primary N) is 1. The van der Waals surface area contributed by atoms with Gasteiger partial charge in [-0.3, -0.25) is 20.4 Å². The highest BCUT2D eigenvalue weighted by molar-refractivity contribution is 5.91. The van der Waals surface area contributed by atoms with E-state index in [0.717, 1.165) is 27.8 Å². The van der Waals surface area contributed by atoms with Gasteiger partial charge in [0.15, 0.2) is 5.96 Å². The smallest absolute Gasteiger partial charge is 0.407 e. The van der Waals surface area contributed by atoms with Crippen molar-refractivity contribution in [3.8, 4) is 11.1 Å². The molecule has 0 saturated heterocycles. The van der Waals surface area contributed by atoms with E-state index in [1.54, 1.807) is 24.3 Å². The molecule has 15 nitrogen and oxygen atoms in total. The number of urea groups is 1. The van der Waals surface area contributed by atoms with Crippen molar-refractivity contribution in [3.05, 3.63) is 95.6 Å². The van der Waals surface area contributed by atoms with Gasteiger partial charge < -0.3 is 36.8 Å². The first-order valence-electron chi connectivity index (χ1n) is 17.1. The van der Waals surface area contributed by atoms with Crippen LogP contribution in [0, 0.1) is 11.3 Å². The molecule has 0 bridgehead atoms. The summed E-state index contributed by atoms with van der Waals surface area (Å²) in [6, 6.07) is 20.4. The Labute approximate surface area is 301 Å². The van der Waals surface area contributed by atoms with Gasteiger partial charge in [0.05, 0.1) is 0 Å². The molecular weight excluding hydrogens is 668 g/mol. The number of rotatable bonds is 16. The van der Waals surface area contributed by atoms with E-state index in [1.807, 2.05) is 68.4 Å². The Bertz CT molecular complexity index is 1690. The van der Waals surface area contributed by atoms with Gasteiger partial charge in [-0.15, -0.1) is 0 Å². The number of alkyl carbamates (subject to hydrolysis) is 1. The fourth-order valence-electron chi connectivity index (χ4n) is 6.00. The molecule has 0 radical (unpaired) electrons. The zero-order chi connectivity index (χ0) is 37.6. The number of aliphatic carboxylic acids is 1. The lowest BCUT2D eigenvalue weighted by molar-refractivity contribution is -0.142. The van der Waals surface area contributed by atoms with Crippen LogP contribution in [0.15, 0.2) is 78.9 Å². The largest absolute Gasteiger partial charge is 0.480 e. The van der Waals surface area contributed by atoms with Gasteiger partial charge in [0.1, 0.15) is 24.7 Å². The van der Waals surface area contributed by atoms with E-state index in [0.29, 0.717) is 6.42 Å². The number of carbonyl (C=O) groups excluding carboxylic acids is 4. The van der Waals surface area contributed by atoms with E-state index in [-0.39, 0.29) is 50.2 Å². The van der Waals surface area contributed by atoms with Crippen LogP contribution in [0.25, 0.3) is 11.1 Å². The topological polar surface area (TPSA) is 237 Å². The summed E-state index contributed by atoms with van der Waals surface area (Å²) < 4.78 is 5.65. The molecule has 5 amide bonds. The summed E-state index contributed by atoms with van der Waals surface area (Å²) in [6.07, 6.45) is -0.208. The molecule has 0 unspecified atom stereocenters. The maximum Gasteiger partial charge on any atom is 0.407 e. The van der Waals surface area contributed by atoms with Crippen molar-refractivity contribution in [3.63, 3.8) is 0 Å². The van der Waals surface area contributed by atoms with Crippen LogP contribution < -0.4 is 37.9 Å². The van der Waals surface area contributed by atoms with Crippen molar-refractivity contribution in [1.29, 1.82) is 5.41 Å². The SMILES string of the molecule is CC(C)C[C@H](NC(=O)NNC(=O)[C@H](Cc1ccccc1)NC(=O)OCC1c2ccccc2-c2ccccc21)C(=O)N[C@@H](CCCNC(=N)N)C(=O)O. The summed E-state index contributed by atoms with van der Waals surface area (Å²) >= 11 is 0. The quantitative estimate of drug-likeness (QED) is 0.0458. The molecule has 3 aromatic rings. The first kappa shape index (κ1) is 38.7. The van der Waals surface area contributed by atoms with Gasteiger partial charge in [-0.1, -0.05) is 92.7 Å². The van der Waals surface area contributed by atoms with Crippen molar-refractivity contribution in [1.82, 2.24) is 32.1 Å². The number of guanidine groups is 1. The second-order valence-corrected chi connectivity index (χ2v) is 12.9. The number of hydrogen-bond acceptors (Lipinski definition) is 7. The third-order valence-electron chi connectivity index (χ3n) is 8.46. The lowest BCUT2D eigenvalue weighted by Gasteiger charge is -2.23. The van der Waals surface area contributed by atoms with Gasteiger partial charge in [0, 0.05) is 18.9 Å². The Kier molecular flexibility index (Phi) is 13.9. The molecule has 52 heavy (non-hydrogen) atoms. The average Bonchev–Trinajstić information content (AvgIpc) is 3.43. The highest BCUT2D eigenvalue weighted by Gasteiger charge is 2.31. The summed E-state index contributed by atoms with van der Waals surface area (Å²) in [4.78, 5) is 64.3. The van der Waals surface area contributed by atoms with Crippen LogP contribution in [0.4, 0.5) is 9.59 Å². The molecular formula is C37H46N8O7. The third kappa shape index (κ3) is 11.2. The Morgan fingerprint density at radius 3 is 2.00 bits per heavy atom. The van der Waals surface area contributed by atoms with Crippen molar-refractivity contribution in [2.24, 2.45) is 11.7 Å². The number of benzene rings is 3. The van der Waals surface area contributed by atoms with Gasteiger partial charge in [0.2, 0.25) is 5.91 Å². The second-order valence-electron chi connectivity index (χ2n) is 12.9. The first-order chi connectivity index (χ1) is 24.9. The van der Waals surface area contributed by atoms with Gasteiger partial charge in [0.25, 0.3) is 5.91 Å². The third-order valence-corrected chi connectivity index (χ3v) is 8.46. The molecule has 10 N–H and O–H groups in total. The van der Waals surface area contributed by atoms with Crippen LogP contribution in [-0.4, -0.2) is 72.3 Å². The lowest BCUT2D eigenvalue weighted by atomic mass is 9.98. The zero-order valence-electron chi connectivity index (χ0n) is 29.1. The van der Waals surface area contributed by atoms with E-state index in [9.17, 15) is 29.1 Å². The molecule has 1 aliphatic rings. The van der Waals surface area contributed by atoms with E-state index >= 15 is 0 Å². The maximum atomic E-state index is 13.4. The molecule has 3 aromatic carbocycles. The monoisotopic (exact) mass is 714 g/mol. The van der Waals surface area contributed by atoms with Crippen LogP contribution in [0.2, 0.25) is 0 Å². The van der Waals surface area contributed by atoms with Gasteiger partial charge in [-0.25, -0.2) is 19.8 Å². The fourth-order valence-corrected chi connectivity index (χ4v) is 6.00. The maximum absolute atomic E-state index is 13.4. The molecule has 0 heterocycles. The Morgan fingerprint density at radius 2 is 1.40 bits per heavy atom. The van der Waals surface area contributed by atoms with Crippen LogP contribution in [0.5, 0.6) is 0 Å². The highest BCUT2D eigenvalue weighted by Crippen LogP contribution is 2.44. The molecule has 4 rings (SSSR count). The minimum Gasteiger partial charge on any atom is -0.480 e. The normalized spacial score (nSPS) is 13.4. The number of carboxylic acid groups (broad SMARTS) is 1. The number of nitrogens with one attached hydrogen (secondary N) is 7. The fraction of sp³-hybridized carbons (Fsp3) is 0.351. The standard InChI is InChI=1S/C37H46N8O7/c1-22(2)19-30(32(46)41-29(34(48)49)17-10-18-40-35(38)39)42-36(50)45-44-33(47)31(20-23-11-4-3-5-12-23)43-37(51)52-21-28-26-15-8-6-13-24(26)25-14-7-9-16-27(25)28/h3-9,11-16,22,28-31H,10,17-21H2,1-2H3,(H,41,46)(H,43,51)(H,44,47)(H,48,49)(H4,38,39,40)(H2,42,45,50)/t29-,30-,31-/m0/s1. The first-order valence-corrected chi connectivity index (χ1v) is 17.1. The Morgan fingerprint density at radius 1 is 0.788 bits per heavy atom. The molecule has 0 aliphatic heterocycles. The number of carboxylic acids is 1. The van der Waals surface area contributed by atoms with E-state index < -0.39 is 48.0 Å². The number of fused-ring (bicyclic) bond motifs is 3. The summed E-state index contributed by atoms with van der Waals surface area (Å²) in [5, 5.41) is 26.9. The zero-order valence-corrected chi connectivity index (χ0v) is 29.1. The van der Waals surface area contributed by atoms with Crippen LogP contribution in [-0.2, 0) is 25.5 Å². The minimum atomic E-state index is -1.26. The van der Waals surface area contributed by atoms with Crippen molar-refractivity contribution in [2.45, 2.75) is 63.6 Å². The van der Waals surface area contributed by atoms with Crippen molar-refractivity contribution >= 4 is 35.9 Å². The van der Waals surface area contributed by atoms with Gasteiger partial charge in [-0.05, 0) is 53.0 Å². The van der Waals surface area contributed by atoms with E-state index in [2.05, 4.69) is 32.1 Å². The number of hydrogen-bond donors (Lipinski definition) is 9. The molecule has 1 aliphatic carbocycles. The summed E-state index contributed by atoms with van der Waals surface area (Å²) in [5.74, 6) is -3.23. The summed E-state index contributed by atoms with van der Waals surface area (Å²) in [5.41, 5.74) is 14.7. The predicted molar refractivity (Wildman–Crippen MR) is 194 cm³/mol.